The normalized spacial score (nSPS) is 14.2. The van der Waals surface area contributed by atoms with Crippen molar-refractivity contribution in [3.05, 3.63) is 52.9 Å². The summed E-state index contributed by atoms with van der Waals surface area (Å²) in [5, 5.41) is 3.98. The van der Waals surface area contributed by atoms with Gasteiger partial charge >= 0.3 is 0 Å². The van der Waals surface area contributed by atoms with Crippen LogP contribution in [0.3, 0.4) is 0 Å². The van der Waals surface area contributed by atoms with E-state index in [1.54, 1.807) is 0 Å². The number of carbonyl (C=O) groups is 1. The average molecular weight is 327 g/mol. The van der Waals surface area contributed by atoms with Crippen molar-refractivity contribution in [3.8, 4) is 0 Å². The first-order valence-electron chi connectivity index (χ1n) is 8.48. The van der Waals surface area contributed by atoms with Gasteiger partial charge in [-0.1, -0.05) is 35.5 Å². The van der Waals surface area contributed by atoms with Gasteiger partial charge < -0.3 is 9.42 Å². The number of amides is 1. The number of benzene rings is 1. The van der Waals surface area contributed by atoms with E-state index in [1.165, 1.54) is 5.56 Å². The van der Waals surface area contributed by atoms with E-state index < -0.39 is 0 Å². The van der Waals surface area contributed by atoms with Crippen LogP contribution in [0.25, 0.3) is 0 Å². The summed E-state index contributed by atoms with van der Waals surface area (Å²) in [7, 11) is 1.97. The Balaban J connectivity index is 1.61. The number of aryl methyl sites for hydroxylation is 2. The van der Waals surface area contributed by atoms with E-state index in [0.717, 1.165) is 29.9 Å². The molecule has 1 amide bonds. The molecule has 1 aliphatic rings. The van der Waals surface area contributed by atoms with Crippen molar-refractivity contribution in [2.75, 3.05) is 13.6 Å². The molecule has 0 bridgehead atoms. The van der Waals surface area contributed by atoms with Crippen molar-refractivity contribution in [2.45, 2.75) is 45.8 Å². The van der Waals surface area contributed by atoms with Gasteiger partial charge in [-0.3, -0.25) is 9.69 Å². The molecule has 1 aliphatic carbocycles. The zero-order valence-corrected chi connectivity index (χ0v) is 14.7. The Morgan fingerprint density at radius 1 is 1.21 bits per heavy atom. The van der Waals surface area contributed by atoms with Crippen LogP contribution in [-0.4, -0.2) is 40.5 Å². The molecule has 0 saturated heterocycles. The third kappa shape index (κ3) is 4.03. The van der Waals surface area contributed by atoms with Crippen LogP contribution in [0.15, 0.2) is 34.9 Å². The van der Waals surface area contributed by atoms with Gasteiger partial charge in [-0.05, 0) is 39.3 Å². The minimum absolute atomic E-state index is 0.190. The molecule has 24 heavy (non-hydrogen) atoms. The molecule has 3 rings (SSSR count). The predicted octanol–water partition coefficient (Wildman–Crippen LogP) is 2.91. The first kappa shape index (κ1) is 16.7. The van der Waals surface area contributed by atoms with Gasteiger partial charge in [0.15, 0.2) is 0 Å². The number of aromatic nitrogens is 1. The lowest BCUT2D eigenvalue weighted by Gasteiger charge is -2.25. The van der Waals surface area contributed by atoms with E-state index in [9.17, 15) is 4.79 Å². The van der Waals surface area contributed by atoms with Gasteiger partial charge in [0.1, 0.15) is 5.76 Å². The maximum atomic E-state index is 12.8. The molecule has 1 aromatic heterocycles. The van der Waals surface area contributed by atoms with Crippen LogP contribution in [0.5, 0.6) is 0 Å². The van der Waals surface area contributed by atoms with Gasteiger partial charge in [-0.25, -0.2) is 0 Å². The second-order valence-corrected chi connectivity index (χ2v) is 6.71. The van der Waals surface area contributed by atoms with Crippen LogP contribution < -0.4 is 0 Å². The Kier molecular flexibility index (Phi) is 5.00. The molecule has 0 unspecified atom stereocenters. The van der Waals surface area contributed by atoms with Gasteiger partial charge in [0, 0.05) is 24.7 Å². The van der Waals surface area contributed by atoms with Gasteiger partial charge in [-0.15, -0.1) is 0 Å². The second kappa shape index (κ2) is 7.18. The lowest BCUT2D eigenvalue weighted by Crippen LogP contribution is -2.39. The summed E-state index contributed by atoms with van der Waals surface area (Å²) in [6.07, 6.45) is 2.23. The van der Waals surface area contributed by atoms with E-state index >= 15 is 0 Å². The Hall–Kier alpha value is -2.14. The molecule has 1 heterocycles. The molecule has 0 aliphatic heterocycles. The van der Waals surface area contributed by atoms with Gasteiger partial charge in [-0.2, -0.15) is 0 Å². The smallest absolute Gasteiger partial charge is 0.237 e. The van der Waals surface area contributed by atoms with Gasteiger partial charge in [0.05, 0.1) is 12.2 Å². The maximum absolute atomic E-state index is 12.8. The fourth-order valence-electron chi connectivity index (χ4n) is 2.96. The molecule has 1 fully saturated rings. The molecular weight excluding hydrogens is 302 g/mol. The number of nitrogens with zero attached hydrogens (tertiary/aromatic N) is 3. The third-order valence-corrected chi connectivity index (χ3v) is 4.52. The SMILES string of the molecule is Cc1noc(C)c1CN(C)CC(=O)N(Cc1ccccc1)C1CC1. The van der Waals surface area contributed by atoms with Crippen LogP contribution in [0.1, 0.15) is 35.4 Å². The van der Waals surface area contributed by atoms with Crippen molar-refractivity contribution in [1.29, 1.82) is 0 Å². The van der Waals surface area contributed by atoms with E-state index in [1.807, 2.05) is 48.9 Å². The van der Waals surface area contributed by atoms with Crippen molar-refractivity contribution >= 4 is 5.91 Å². The Morgan fingerprint density at radius 3 is 2.50 bits per heavy atom. The highest BCUT2D eigenvalue weighted by molar-refractivity contribution is 5.79. The maximum Gasteiger partial charge on any atom is 0.237 e. The second-order valence-electron chi connectivity index (χ2n) is 6.71. The van der Waals surface area contributed by atoms with E-state index in [0.29, 0.717) is 25.7 Å². The number of rotatable bonds is 7. The van der Waals surface area contributed by atoms with Crippen LogP contribution in [0.4, 0.5) is 0 Å². The van der Waals surface area contributed by atoms with Gasteiger partial charge in [0.25, 0.3) is 0 Å². The first-order chi connectivity index (χ1) is 11.5. The van der Waals surface area contributed by atoms with Crippen molar-refractivity contribution in [3.63, 3.8) is 0 Å². The highest BCUT2D eigenvalue weighted by Gasteiger charge is 2.32. The monoisotopic (exact) mass is 327 g/mol. The highest BCUT2D eigenvalue weighted by Crippen LogP contribution is 2.28. The van der Waals surface area contributed by atoms with Crippen molar-refractivity contribution < 1.29 is 9.32 Å². The number of hydrogen-bond acceptors (Lipinski definition) is 4. The zero-order chi connectivity index (χ0) is 17.1. The van der Waals surface area contributed by atoms with Crippen LogP contribution in [-0.2, 0) is 17.9 Å². The Bertz CT molecular complexity index is 672. The summed E-state index contributed by atoms with van der Waals surface area (Å²) in [4.78, 5) is 16.8. The number of hydrogen-bond donors (Lipinski definition) is 0. The summed E-state index contributed by atoms with van der Waals surface area (Å²) in [6, 6.07) is 10.6. The van der Waals surface area contributed by atoms with E-state index in [-0.39, 0.29) is 5.91 Å². The number of carbonyl (C=O) groups excluding carboxylic acids is 1. The summed E-state index contributed by atoms with van der Waals surface area (Å²) in [5.41, 5.74) is 3.16. The van der Waals surface area contributed by atoms with Crippen LogP contribution >= 0.6 is 0 Å². The molecule has 2 aromatic rings. The Labute approximate surface area is 143 Å². The molecule has 1 aromatic carbocycles. The van der Waals surface area contributed by atoms with E-state index in [4.69, 9.17) is 4.52 Å². The van der Waals surface area contributed by atoms with Crippen LogP contribution in [0.2, 0.25) is 0 Å². The summed E-state index contributed by atoms with van der Waals surface area (Å²) < 4.78 is 5.20. The zero-order valence-electron chi connectivity index (χ0n) is 14.7. The molecule has 0 atom stereocenters. The minimum atomic E-state index is 0.190. The van der Waals surface area contributed by atoms with Crippen LogP contribution in [0, 0.1) is 13.8 Å². The lowest BCUT2D eigenvalue weighted by molar-refractivity contribution is -0.133. The summed E-state index contributed by atoms with van der Waals surface area (Å²) in [5.74, 6) is 1.02. The molecule has 0 radical (unpaired) electrons. The molecule has 128 valence electrons. The fraction of sp³-hybridized carbons (Fsp3) is 0.474. The largest absolute Gasteiger partial charge is 0.361 e. The summed E-state index contributed by atoms with van der Waals surface area (Å²) >= 11 is 0. The first-order valence-corrected chi connectivity index (χ1v) is 8.48. The fourth-order valence-corrected chi connectivity index (χ4v) is 2.96. The van der Waals surface area contributed by atoms with Crippen molar-refractivity contribution in [2.24, 2.45) is 0 Å². The quantitative estimate of drug-likeness (QED) is 0.784. The molecular formula is C19H25N3O2. The predicted molar refractivity (Wildman–Crippen MR) is 92.3 cm³/mol. The molecule has 5 nitrogen and oxygen atoms in total. The molecule has 0 N–H and O–H groups in total. The minimum Gasteiger partial charge on any atom is -0.361 e. The van der Waals surface area contributed by atoms with Crippen molar-refractivity contribution in [1.82, 2.24) is 15.0 Å². The topological polar surface area (TPSA) is 49.6 Å². The molecule has 1 saturated carbocycles. The van der Waals surface area contributed by atoms with Gasteiger partial charge in [0.2, 0.25) is 5.91 Å². The molecule has 0 spiro atoms. The molecule has 5 heteroatoms. The number of likely N-dealkylation sites (N-methyl/N-ethyl adjacent to an activating group) is 1. The Morgan fingerprint density at radius 2 is 1.92 bits per heavy atom. The highest BCUT2D eigenvalue weighted by atomic mass is 16.5. The average Bonchev–Trinajstić information content (AvgIpc) is 3.36. The third-order valence-electron chi connectivity index (χ3n) is 4.52. The van der Waals surface area contributed by atoms with E-state index in [2.05, 4.69) is 17.3 Å². The lowest BCUT2D eigenvalue weighted by atomic mass is 10.2. The standard InChI is InChI=1S/C19H25N3O2/c1-14-18(15(2)24-20-14)12-21(3)13-19(23)22(17-9-10-17)11-16-7-5-4-6-8-16/h4-8,17H,9-13H2,1-3H3. The summed E-state index contributed by atoms with van der Waals surface area (Å²) in [6.45, 7) is 5.64.